The number of hydrogen-bond acceptors (Lipinski definition) is 4. The lowest BCUT2D eigenvalue weighted by molar-refractivity contribution is 0.0777. The number of carbonyl (C=O) groups is 1. The van der Waals surface area contributed by atoms with Crippen molar-refractivity contribution in [3.63, 3.8) is 0 Å². The van der Waals surface area contributed by atoms with Crippen LogP contribution in [-0.2, 0) is 0 Å². The Morgan fingerprint density at radius 3 is 2.95 bits per heavy atom. The van der Waals surface area contributed by atoms with Crippen LogP contribution in [0, 0.1) is 12.8 Å². The molecule has 5 nitrogen and oxygen atoms in total. The summed E-state index contributed by atoms with van der Waals surface area (Å²) in [6, 6.07) is 5.31. The minimum atomic E-state index is -0.0251. The van der Waals surface area contributed by atoms with E-state index in [1.165, 1.54) is 0 Å². The lowest BCUT2D eigenvalue weighted by atomic mass is 10.1. The van der Waals surface area contributed by atoms with Crippen molar-refractivity contribution >= 4 is 17.0 Å². The second kappa shape index (κ2) is 5.40. The Hall–Kier alpha value is -1.88. The minimum Gasteiger partial charge on any atom is -0.441 e. The number of nitrogens with two attached hydrogens (primary N) is 1. The molecule has 0 aliphatic carbocycles. The Balaban J connectivity index is 2.20. The van der Waals surface area contributed by atoms with E-state index in [1.807, 2.05) is 6.92 Å². The van der Waals surface area contributed by atoms with Crippen LogP contribution in [0.3, 0.4) is 0 Å². The first-order valence-electron chi connectivity index (χ1n) is 6.34. The average Bonchev–Trinajstić information content (AvgIpc) is 2.76. The van der Waals surface area contributed by atoms with Crippen molar-refractivity contribution in [3.05, 3.63) is 29.7 Å². The third kappa shape index (κ3) is 2.93. The van der Waals surface area contributed by atoms with Crippen LogP contribution >= 0.6 is 0 Å². The van der Waals surface area contributed by atoms with Crippen LogP contribution in [0.15, 0.2) is 22.6 Å². The van der Waals surface area contributed by atoms with Gasteiger partial charge in [-0.2, -0.15) is 0 Å². The number of oxazole rings is 1. The summed E-state index contributed by atoms with van der Waals surface area (Å²) in [5.41, 5.74) is 7.61. The number of rotatable bonds is 4. The van der Waals surface area contributed by atoms with Gasteiger partial charge in [-0.1, -0.05) is 6.92 Å². The maximum atomic E-state index is 12.3. The largest absolute Gasteiger partial charge is 0.441 e. The molecular formula is C14H19N3O2. The van der Waals surface area contributed by atoms with Gasteiger partial charge in [-0.15, -0.1) is 0 Å². The highest BCUT2D eigenvalue weighted by molar-refractivity contribution is 5.96. The Labute approximate surface area is 112 Å². The van der Waals surface area contributed by atoms with Gasteiger partial charge in [0.05, 0.1) is 0 Å². The smallest absolute Gasteiger partial charge is 0.253 e. The van der Waals surface area contributed by atoms with Gasteiger partial charge in [-0.05, 0) is 30.7 Å². The van der Waals surface area contributed by atoms with E-state index in [0.29, 0.717) is 35.6 Å². The standard InChI is InChI=1S/C14H19N3O2/c1-9(7-15)8-17(3)14(18)11-4-5-13-12(6-11)16-10(2)19-13/h4-6,9H,7-8,15H2,1-3H3. The monoisotopic (exact) mass is 261 g/mol. The van der Waals surface area contributed by atoms with Gasteiger partial charge in [0.25, 0.3) is 5.91 Å². The van der Waals surface area contributed by atoms with Gasteiger partial charge < -0.3 is 15.1 Å². The Morgan fingerprint density at radius 2 is 2.26 bits per heavy atom. The second-order valence-electron chi connectivity index (χ2n) is 4.94. The highest BCUT2D eigenvalue weighted by Crippen LogP contribution is 2.17. The van der Waals surface area contributed by atoms with Gasteiger partial charge in [-0.3, -0.25) is 4.79 Å². The van der Waals surface area contributed by atoms with E-state index in [0.717, 1.165) is 0 Å². The lowest BCUT2D eigenvalue weighted by Crippen LogP contribution is -2.33. The van der Waals surface area contributed by atoms with E-state index >= 15 is 0 Å². The van der Waals surface area contributed by atoms with E-state index in [4.69, 9.17) is 10.2 Å². The molecule has 1 aromatic heterocycles. The molecule has 1 heterocycles. The second-order valence-corrected chi connectivity index (χ2v) is 4.94. The summed E-state index contributed by atoms with van der Waals surface area (Å²) >= 11 is 0. The van der Waals surface area contributed by atoms with Crippen molar-refractivity contribution in [3.8, 4) is 0 Å². The molecule has 19 heavy (non-hydrogen) atoms. The molecule has 1 aromatic carbocycles. The number of aryl methyl sites for hydroxylation is 1. The molecule has 0 bridgehead atoms. The molecule has 0 saturated carbocycles. The summed E-state index contributed by atoms with van der Waals surface area (Å²) in [6.45, 7) is 5.02. The van der Waals surface area contributed by atoms with Crippen LogP contribution in [0.2, 0.25) is 0 Å². The van der Waals surface area contributed by atoms with Crippen molar-refractivity contribution < 1.29 is 9.21 Å². The van der Waals surface area contributed by atoms with Gasteiger partial charge in [0, 0.05) is 26.1 Å². The number of amides is 1. The molecule has 2 rings (SSSR count). The molecule has 2 aromatic rings. The average molecular weight is 261 g/mol. The molecule has 1 unspecified atom stereocenters. The Bertz CT molecular complexity index is 591. The summed E-state index contributed by atoms with van der Waals surface area (Å²) in [6.07, 6.45) is 0. The third-order valence-electron chi connectivity index (χ3n) is 3.08. The van der Waals surface area contributed by atoms with E-state index in [1.54, 1.807) is 37.1 Å². The first-order chi connectivity index (χ1) is 9.01. The van der Waals surface area contributed by atoms with Crippen molar-refractivity contribution in [1.29, 1.82) is 0 Å². The maximum absolute atomic E-state index is 12.3. The van der Waals surface area contributed by atoms with E-state index < -0.39 is 0 Å². The minimum absolute atomic E-state index is 0.0251. The number of nitrogens with zero attached hydrogens (tertiary/aromatic N) is 2. The Kier molecular flexibility index (Phi) is 3.85. The predicted octanol–water partition coefficient (Wildman–Crippen LogP) is 1.80. The zero-order chi connectivity index (χ0) is 14.0. The van der Waals surface area contributed by atoms with Crippen LogP contribution in [-0.4, -0.2) is 35.9 Å². The fourth-order valence-corrected chi connectivity index (χ4v) is 2.02. The topological polar surface area (TPSA) is 72.4 Å². The summed E-state index contributed by atoms with van der Waals surface area (Å²) < 4.78 is 5.39. The molecule has 0 spiro atoms. The van der Waals surface area contributed by atoms with E-state index in [9.17, 15) is 4.79 Å². The SMILES string of the molecule is Cc1nc2cc(C(=O)N(C)CC(C)CN)ccc2o1. The summed E-state index contributed by atoms with van der Waals surface area (Å²) in [5, 5.41) is 0. The van der Waals surface area contributed by atoms with Crippen LogP contribution in [0.25, 0.3) is 11.1 Å². The van der Waals surface area contributed by atoms with Gasteiger partial charge in [-0.25, -0.2) is 4.98 Å². The van der Waals surface area contributed by atoms with Gasteiger partial charge >= 0.3 is 0 Å². The normalized spacial score (nSPS) is 12.6. The van der Waals surface area contributed by atoms with Crippen molar-refractivity contribution in [1.82, 2.24) is 9.88 Å². The fraction of sp³-hybridized carbons (Fsp3) is 0.429. The Morgan fingerprint density at radius 1 is 1.53 bits per heavy atom. The van der Waals surface area contributed by atoms with Crippen LogP contribution in [0.5, 0.6) is 0 Å². The predicted molar refractivity (Wildman–Crippen MR) is 73.9 cm³/mol. The molecule has 0 radical (unpaired) electrons. The molecule has 1 amide bonds. The third-order valence-corrected chi connectivity index (χ3v) is 3.08. The molecule has 0 aliphatic rings. The number of benzene rings is 1. The first kappa shape index (κ1) is 13.5. The molecule has 5 heteroatoms. The highest BCUT2D eigenvalue weighted by Gasteiger charge is 2.15. The lowest BCUT2D eigenvalue weighted by Gasteiger charge is -2.20. The van der Waals surface area contributed by atoms with Crippen molar-refractivity contribution in [2.75, 3.05) is 20.1 Å². The molecular weight excluding hydrogens is 242 g/mol. The fourth-order valence-electron chi connectivity index (χ4n) is 2.02. The van der Waals surface area contributed by atoms with Gasteiger partial charge in [0.15, 0.2) is 11.5 Å². The van der Waals surface area contributed by atoms with Crippen LogP contribution in [0.4, 0.5) is 0 Å². The number of fused-ring (bicyclic) bond motifs is 1. The van der Waals surface area contributed by atoms with Crippen LogP contribution < -0.4 is 5.73 Å². The number of carbonyl (C=O) groups excluding carboxylic acids is 1. The molecule has 0 saturated heterocycles. The maximum Gasteiger partial charge on any atom is 0.253 e. The number of aromatic nitrogens is 1. The zero-order valence-electron chi connectivity index (χ0n) is 11.5. The summed E-state index contributed by atoms with van der Waals surface area (Å²) in [5.74, 6) is 0.861. The van der Waals surface area contributed by atoms with Crippen molar-refractivity contribution in [2.24, 2.45) is 11.7 Å². The zero-order valence-corrected chi connectivity index (χ0v) is 11.5. The van der Waals surface area contributed by atoms with Gasteiger partial charge in [0.1, 0.15) is 5.52 Å². The number of hydrogen-bond donors (Lipinski definition) is 1. The summed E-state index contributed by atoms with van der Waals surface area (Å²) in [7, 11) is 1.78. The quantitative estimate of drug-likeness (QED) is 0.911. The molecule has 102 valence electrons. The van der Waals surface area contributed by atoms with Crippen LogP contribution in [0.1, 0.15) is 23.2 Å². The molecule has 0 aliphatic heterocycles. The molecule has 2 N–H and O–H groups in total. The van der Waals surface area contributed by atoms with E-state index in [2.05, 4.69) is 4.98 Å². The summed E-state index contributed by atoms with van der Waals surface area (Å²) in [4.78, 5) is 18.2. The van der Waals surface area contributed by atoms with Crippen molar-refractivity contribution in [2.45, 2.75) is 13.8 Å². The van der Waals surface area contributed by atoms with E-state index in [-0.39, 0.29) is 11.8 Å². The van der Waals surface area contributed by atoms with Gasteiger partial charge in [0.2, 0.25) is 0 Å². The first-order valence-corrected chi connectivity index (χ1v) is 6.34. The molecule has 1 atom stereocenters. The molecule has 0 fully saturated rings. The highest BCUT2D eigenvalue weighted by atomic mass is 16.3.